The molecule has 144 valence electrons. The number of rotatable bonds is 6. The van der Waals surface area contributed by atoms with E-state index in [1.54, 1.807) is 24.3 Å². The van der Waals surface area contributed by atoms with Crippen LogP contribution < -0.4 is 5.32 Å². The number of benzene rings is 2. The van der Waals surface area contributed by atoms with Crippen molar-refractivity contribution in [2.45, 2.75) is 19.6 Å². The Bertz CT molecular complexity index is 877. The first kappa shape index (κ1) is 19.1. The summed E-state index contributed by atoms with van der Waals surface area (Å²) in [6.07, 6.45) is -0.783. The number of nitrogens with zero attached hydrogens (tertiary/aromatic N) is 1. The minimum Gasteiger partial charge on any atom is -0.445 e. The van der Waals surface area contributed by atoms with Crippen LogP contribution in [0.15, 0.2) is 54.6 Å². The quantitative estimate of drug-likeness (QED) is 0.606. The topological polar surface area (TPSA) is 102 Å². The van der Waals surface area contributed by atoms with Crippen LogP contribution in [0.5, 0.6) is 0 Å². The van der Waals surface area contributed by atoms with E-state index in [4.69, 9.17) is 9.47 Å². The van der Waals surface area contributed by atoms with Crippen molar-refractivity contribution in [2.75, 3.05) is 6.73 Å². The normalized spacial score (nSPS) is 13.7. The van der Waals surface area contributed by atoms with E-state index in [1.807, 2.05) is 18.2 Å². The molecule has 1 aliphatic heterocycles. The zero-order chi connectivity index (χ0) is 20.1. The maximum Gasteiger partial charge on any atom is 0.408 e. The van der Waals surface area contributed by atoms with Gasteiger partial charge in [0.15, 0.2) is 6.73 Å². The van der Waals surface area contributed by atoms with Crippen molar-refractivity contribution in [2.24, 2.45) is 0 Å². The first-order valence-corrected chi connectivity index (χ1v) is 8.56. The van der Waals surface area contributed by atoms with Gasteiger partial charge in [0, 0.05) is 0 Å². The predicted octanol–water partition coefficient (Wildman–Crippen LogP) is 2.10. The Labute approximate surface area is 161 Å². The van der Waals surface area contributed by atoms with Crippen LogP contribution in [0.3, 0.4) is 0 Å². The van der Waals surface area contributed by atoms with Crippen LogP contribution in [-0.2, 0) is 20.9 Å². The second-order valence-electron chi connectivity index (χ2n) is 6.10. The summed E-state index contributed by atoms with van der Waals surface area (Å²) in [5, 5.41) is 2.34. The summed E-state index contributed by atoms with van der Waals surface area (Å²) in [4.78, 5) is 49.1. The van der Waals surface area contributed by atoms with Crippen molar-refractivity contribution in [3.05, 3.63) is 71.3 Å². The summed E-state index contributed by atoms with van der Waals surface area (Å²) in [6.45, 7) is 0.939. The van der Waals surface area contributed by atoms with Gasteiger partial charge in [-0.25, -0.2) is 14.5 Å². The van der Waals surface area contributed by atoms with Gasteiger partial charge in [-0.1, -0.05) is 42.5 Å². The molecule has 1 aliphatic rings. The van der Waals surface area contributed by atoms with Gasteiger partial charge in [-0.3, -0.25) is 9.59 Å². The van der Waals surface area contributed by atoms with E-state index >= 15 is 0 Å². The monoisotopic (exact) mass is 382 g/mol. The molecule has 0 radical (unpaired) electrons. The molecule has 0 fully saturated rings. The third kappa shape index (κ3) is 4.17. The van der Waals surface area contributed by atoms with Gasteiger partial charge in [-0.2, -0.15) is 0 Å². The van der Waals surface area contributed by atoms with E-state index in [-0.39, 0.29) is 17.7 Å². The van der Waals surface area contributed by atoms with Crippen molar-refractivity contribution in [1.29, 1.82) is 0 Å². The molecule has 0 saturated heterocycles. The summed E-state index contributed by atoms with van der Waals surface area (Å²) in [6, 6.07) is 14.4. The average molecular weight is 382 g/mol. The van der Waals surface area contributed by atoms with Crippen molar-refractivity contribution in [3.63, 3.8) is 0 Å². The van der Waals surface area contributed by atoms with E-state index in [2.05, 4.69) is 5.32 Å². The number of alkyl carbamates (subject to hydrolysis) is 1. The number of esters is 1. The van der Waals surface area contributed by atoms with E-state index < -0.39 is 36.6 Å². The predicted molar refractivity (Wildman–Crippen MR) is 97.1 cm³/mol. The molecule has 0 unspecified atom stereocenters. The zero-order valence-electron chi connectivity index (χ0n) is 15.1. The highest BCUT2D eigenvalue weighted by Crippen LogP contribution is 2.22. The van der Waals surface area contributed by atoms with Crippen LogP contribution in [0, 0.1) is 0 Å². The Morgan fingerprint density at radius 3 is 2.11 bits per heavy atom. The average Bonchev–Trinajstić information content (AvgIpc) is 2.96. The van der Waals surface area contributed by atoms with Crippen LogP contribution in [0.2, 0.25) is 0 Å². The fraction of sp³-hybridized carbons (Fsp3) is 0.200. The molecule has 0 aromatic heterocycles. The number of hydrogen-bond acceptors (Lipinski definition) is 6. The molecule has 1 heterocycles. The molecule has 1 atom stereocenters. The summed E-state index contributed by atoms with van der Waals surface area (Å²) in [5.74, 6) is -1.86. The van der Waals surface area contributed by atoms with Crippen LogP contribution in [0.4, 0.5) is 4.79 Å². The summed E-state index contributed by atoms with van der Waals surface area (Å²) in [5.41, 5.74) is 1.33. The SMILES string of the molecule is C[C@H](NC(=O)OCc1ccccc1)C(=O)OCN1C(=O)c2ccccc2C1=O. The third-order valence-electron chi connectivity index (χ3n) is 4.11. The lowest BCUT2D eigenvalue weighted by atomic mass is 10.1. The molecule has 8 nitrogen and oxygen atoms in total. The van der Waals surface area contributed by atoms with Gasteiger partial charge in [0.25, 0.3) is 11.8 Å². The molecule has 8 heteroatoms. The van der Waals surface area contributed by atoms with Gasteiger partial charge < -0.3 is 14.8 Å². The molecule has 1 N–H and O–H groups in total. The van der Waals surface area contributed by atoms with Gasteiger partial charge in [-0.05, 0) is 24.6 Å². The molecule has 28 heavy (non-hydrogen) atoms. The molecular weight excluding hydrogens is 364 g/mol. The largest absolute Gasteiger partial charge is 0.445 e. The fourth-order valence-corrected chi connectivity index (χ4v) is 2.61. The molecule has 3 amide bonds. The first-order chi connectivity index (χ1) is 13.5. The maximum absolute atomic E-state index is 12.2. The number of carbonyl (C=O) groups is 4. The van der Waals surface area contributed by atoms with E-state index in [9.17, 15) is 19.2 Å². The lowest BCUT2D eigenvalue weighted by molar-refractivity contribution is -0.148. The number of hydrogen-bond donors (Lipinski definition) is 1. The van der Waals surface area contributed by atoms with Crippen LogP contribution in [0.1, 0.15) is 33.2 Å². The Hall–Kier alpha value is -3.68. The van der Waals surface area contributed by atoms with Gasteiger partial charge in [-0.15, -0.1) is 0 Å². The fourth-order valence-electron chi connectivity index (χ4n) is 2.61. The Balaban J connectivity index is 1.46. The van der Waals surface area contributed by atoms with Crippen LogP contribution >= 0.6 is 0 Å². The van der Waals surface area contributed by atoms with Crippen molar-refractivity contribution in [3.8, 4) is 0 Å². The molecule has 0 bridgehead atoms. The lowest BCUT2D eigenvalue weighted by Crippen LogP contribution is -2.42. The van der Waals surface area contributed by atoms with Gasteiger partial charge in [0.05, 0.1) is 11.1 Å². The smallest absolute Gasteiger partial charge is 0.408 e. The number of amides is 3. The zero-order valence-corrected chi connectivity index (χ0v) is 15.1. The molecule has 3 rings (SSSR count). The summed E-state index contributed by atoms with van der Waals surface area (Å²) < 4.78 is 10.0. The molecule has 0 saturated carbocycles. The molecule has 2 aromatic rings. The minimum absolute atomic E-state index is 0.0590. The van der Waals surface area contributed by atoms with Crippen molar-refractivity contribution < 1.29 is 28.7 Å². The number of carbonyl (C=O) groups excluding carboxylic acids is 4. The van der Waals surface area contributed by atoms with E-state index in [0.29, 0.717) is 0 Å². The first-order valence-electron chi connectivity index (χ1n) is 8.56. The highest BCUT2D eigenvalue weighted by atomic mass is 16.6. The lowest BCUT2D eigenvalue weighted by Gasteiger charge is -2.17. The molecule has 2 aromatic carbocycles. The second-order valence-corrected chi connectivity index (χ2v) is 6.10. The van der Waals surface area contributed by atoms with E-state index in [1.165, 1.54) is 19.1 Å². The molecular formula is C20H18N2O6. The number of ether oxygens (including phenoxy) is 2. The molecule has 0 aliphatic carbocycles. The van der Waals surface area contributed by atoms with Crippen LogP contribution in [-0.4, -0.2) is 41.5 Å². The highest BCUT2D eigenvalue weighted by molar-refractivity contribution is 6.21. The second kappa shape index (κ2) is 8.34. The van der Waals surface area contributed by atoms with Crippen molar-refractivity contribution in [1.82, 2.24) is 10.2 Å². The summed E-state index contributed by atoms with van der Waals surface area (Å²) in [7, 11) is 0. The maximum atomic E-state index is 12.2. The number of nitrogens with one attached hydrogen (secondary N) is 1. The molecule has 0 spiro atoms. The highest BCUT2D eigenvalue weighted by Gasteiger charge is 2.36. The Kier molecular flexibility index (Phi) is 5.69. The number of imide groups is 1. The van der Waals surface area contributed by atoms with Crippen LogP contribution in [0.25, 0.3) is 0 Å². The van der Waals surface area contributed by atoms with E-state index in [0.717, 1.165) is 10.5 Å². The van der Waals surface area contributed by atoms with Crippen molar-refractivity contribution >= 4 is 23.9 Å². The summed E-state index contributed by atoms with van der Waals surface area (Å²) >= 11 is 0. The number of fused-ring (bicyclic) bond motifs is 1. The third-order valence-corrected chi connectivity index (χ3v) is 4.11. The minimum atomic E-state index is -1.02. The standard InChI is InChI=1S/C20H18N2O6/c1-13(21-20(26)27-11-14-7-3-2-4-8-14)19(25)28-12-22-17(23)15-9-5-6-10-16(15)18(22)24/h2-10,13H,11-12H2,1H3,(H,21,26)/t13-/m0/s1. The van der Waals surface area contributed by atoms with Gasteiger partial charge in [0.2, 0.25) is 0 Å². The Morgan fingerprint density at radius 1 is 0.929 bits per heavy atom. The Morgan fingerprint density at radius 2 is 1.50 bits per heavy atom. The van der Waals surface area contributed by atoms with Gasteiger partial charge in [0.1, 0.15) is 12.6 Å². The van der Waals surface area contributed by atoms with Gasteiger partial charge >= 0.3 is 12.1 Å².